The minimum absolute atomic E-state index is 0.0403. The van der Waals surface area contributed by atoms with Gasteiger partial charge in [-0.1, -0.05) is 29.3 Å². The van der Waals surface area contributed by atoms with Crippen LogP contribution in [0.15, 0.2) is 23.6 Å². The van der Waals surface area contributed by atoms with Crippen LogP contribution in [0.1, 0.15) is 18.0 Å². The van der Waals surface area contributed by atoms with E-state index in [-0.39, 0.29) is 6.04 Å². The maximum absolute atomic E-state index is 5.95. The van der Waals surface area contributed by atoms with Crippen LogP contribution in [0.4, 0.5) is 0 Å². The molecule has 0 amide bonds. The number of hydrogen-bond acceptors (Lipinski definition) is 3. The van der Waals surface area contributed by atoms with Gasteiger partial charge in [0, 0.05) is 10.9 Å². The molecule has 2 rings (SSSR count). The van der Waals surface area contributed by atoms with Crippen molar-refractivity contribution in [1.82, 2.24) is 4.98 Å². The molecule has 5 heteroatoms. The summed E-state index contributed by atoms with van der Waals surface area (Å²) >= 11 is 13.4. The number of rotatable bonds is 2. The molecule has 0 spiro atoms. The Morgan fingerprint density at radius 1 is 1.31 bits per heavy atom. The molecule has 2 nitrogen and oxygen atoms in total. The number of nitrogens with two attached hydrogens (primary N) is 1. The predicted octanol–water partition coefficient (Wildman–Crippen LogP) is 4.14. The molecule has 1 heterocycles. The third kappa shape index (κ3) is 2.38. The maximum Gasteiger partial charge on any atom is 0.110 e. The van der Waals surface area contributed by atoms with E-state index >= 15 is 0 Å². The van der Waals surface area contributed by atoms with E-state index < -0.39 is 0 Å². The number of aromatic nitrogens is 1. The van der Waals surface area contributed by atoms with E-state index in [1.54, 1.807) is 17.4 Å². The third-order valence-electron chi connectivity index (χ3n) is 2.13. The van der Waals surface area contributed by atoms with E-state index in [1.807, 2.05) is 24.4 Å². The number of benzene rings is 1. The molecule has 0 aliphatic rings. The van der Waals surface area contributed by atoms with Gasteiger partial charge < -0.3 is 5.73 Å². The summed E-state index contributed by atoms with van der Waals surface area (Å²) in [5, 5.41) is 3.97. The lowest BCUT2D eigenvalue weighted by molar-refractivity contribution is 0.808. The first-order valence-electron chi connectivity index (χ1n) is 4.74. The Bertz CT molecular complexity index is 508. The van der Waals surface area contributed by atoms with Gasteiger partial charge in [0.25, 0.3) is 0 Å². The van der Waals surface area contributed by atoms with E-state index in [9.17, 15) is 0 Å². The van der Waals surface area contributed by atoms with Crippen LogP contribution in [-0.2, 0) is 0 Å². The summed E-state index contributed by atoms with van der Waals surface area (Å²) in [7, 11) is 0. The molecular weight excluding hydrogens is 263 g/mol. The normalized spacial score (nSPS) is 12.8. The van der Waals surface area contributed by atoms with Crippen molar-refractivity contribution < 1.29 is 0 Å². The largest absolute Gasteiger partial charge is 0.322 e. The monoisotopic (exact) mass is 272 g/mol. The standard InChI is InChI=1S/C11H10Cl2N2S/c1-6(14)11-15-10(5-16-11)7-2-3-8(12)9(13)4-7/h2-6H,14H2,1H3. The van der Waals surface area contributed by atoms with Crippen molar-refractivity contribution >= 4 is 34.5 Å². The lowest BCUT2D eigenvalue weighted by Crippen LogP contribution is -2.03. The second kappa shape index (κ2) is 4.72. The molecule has 84 valence electrons. The number of nitrogens with zero attached hydrogens (tertiary/aromatic N) is 1. The van der Waals surface area contributed by atoms with Crippen LogP contribution in [0, 0.1) is 0 Å². The first kappa shape index (κ1) is 11.9. The van der Waals surface area contributed by atoms with Gasteiger partial charge in [-0.3, -0.25) is 0 Å². The Morgan fingerprint density at radius 2 is 2.06 bits per heavy atom. The Labute approximate surface area is 108 Å². The molecule has 1 aromatic carbocycles. The minimum Gasteiger partial charge on any atom is -0.322 e. The van der Waals surface area contributed by atoms with Crippen LogP contribution < -0.4 is 5.73 Å². The molecule has 1 unspecified atom stereocenters. The molecule has 0 saturated carbocycles. The molecule has 0 aliphatic heterocycles. The van der Waals surface area contributed by atoms with Gasteiger partial charge in [0.1, 0.15) is 5.01 Å². The van der Waals surface area contributed by atoms with Crippen molar-refractivity contribution in [3.63, 3.8) is 0 Å². The van der Waals surface area contributed by atoms with Crippen molar-refractivity contribution in [3.05, 3.63) is 38.6 Å². The Balaban J connectivity index is 2.39. The highest BCUT2D eigenvalue weighted by atomic mass is 35.5. The molecule has 1 aromatic heterocycles. The van der Waals surface area contributed by atoms with Crippen LogP contribution in [-0.4, -0.2) is 4.98 Å². The second-order valence-electron chi connectivity index (χ2n) is 3.49. The van der Waals surface area contributed by atoms with E-state index in [2.05, 4.69) is 4.98 Å². The zero-order chi connectivity index (χ0) is 11.7. The van der Waals surface area contributed by atoms with E-state index in [0.717, 1.165) is 16.3 Å². The smallest absolute Gasteiger partial charge is 0.110 e. The quantitative estimate of drug-likeness (QED) is 0.893. The molecule has 2 aromatic rings. The van der Waals surface area contributed by atoms with E-state index in [4.69, 9.17) is 28.9 Å². The predicted molar refractivity (Wildman–Crippen MR) is 70.2 cm³/mol. The van der Waals surface area contributed by atoms with Gasteiger partial charge in [0.05, 0.1) is 21.8 Å². The molecule has 2 N–H and O–H groups in total. The van der Waals surface area contributed by atoms with Crippen LogP contribution in [0.3, 0.4) is 0 Å². The molecular formula is C11H10Cl2N2S. The average molecular weight is 273 g/mol. The fraction of sp³-hybridized carbons (Fsp3) is 0.182. The van der Waals surface area contributed by atoms with Gasteiger partial charge in [-0.05, 0) is 19.1 Å². The van der Waals surface area contributed by atoms with Gasteiger partial charge in [0.15, 0.2) is 0 Å². The fourth-order valence-electron chi connectivity index (χ4n) is 1.28. The first-order chi connectivity index (χ1) is 7.58. The zero-order valence-electron chi connectivity index (χ0n) is 8.58. The summed E-state index contributed by atoms with van der Waals surface area (Å²) in [6, 6.07) is 5.43. The molecule has 0 fully saturated rings. The number of halogens is 2. The van der Waals surface area contributed by atoms with Crippen LogP contribution in [0.2, 0.25) is 10.0 Å². The molecule has 0 aliphatic carbocycles. The van der Waals surface area contributed by atoms with Crippen LogP contribution >= 0.6 is 34.5 Å². The lowest BCUT2D eigenvalue weighted by Gasteiger charge is -2.00. The lowest BCUT2D eigenvalue weighted by atomic mass is 10.2. The van der Waals surface area contributed by atoms with Gasteiger partial charge in [-0.15, -0.1) is 11.3 Å². The summed E-state index contributed by atoms with van der Waals surface area (Å²) in [5.74, 6) is 0. The molecule has 1 atom stereocenters. The fourth-order valence-corrected chi connectivity index (χ4v) is 2.37. The van der Waals surface area contributed by atoms with Crippen molar-refractivity contribution in [2.75, 3.05) is 0 Å². The van der Waals surface area contributed by atoms with Gasteiger partial charge in [-0.2, -0.15) is 0 Å². The Hall–Kier alpha value is -0.610. The third-order valence-corrected chi connectivity index (χ3v) is 3.91. The topological polar surface area (TPSA) is 38.9 Å². The van der Waals surface area contributed by atoms with Crippen molar-refractivity contribution in [2.45, 2.75) is 13.0 Å². The van der Waals surface area contributed by atoms with Crippen molar-refractivity contribution in [1.29, 1.82) is 0 Å². The highest BCUT2D eigenvalue weighted by Crippen LogP contribution is 2.30. The minimum atomic E-state index is -0.0403. The number of hydrogen-bond donors (Lipinski definition) is 1. The van der Waals surface area contributed by atoms with Crippen LogP contribution in [0.25, 0.3) is 11.3 Å². The molecule has 16 heavy (non-hydrogen) atoms. The van der Waals surface area contributed by atoms with Gasteiger partial charge >= 0.3 is 0 Å². The summed E-state index contributed by atoms with van der Waals surface area (Å²) in [4.78, 5) is 4.44. The SMILES string of the molecule is CC(N)c1nc(-c2ccc(Cl)c(Cl)c2)cs1. The summed E-state index contributed by atoms with van der Waals surface area (Å²) in [6.45, 7) is 1.91. The van der Waals surface area contributed by atoms with E-state index in [0.29, 0.717) is 10.0 Å². The Morgan fingerprint density at radius 3 is 2.62 bits per heavy atom. The molecule has 0 radical (unpaired) electrons. The zero-order valence-corrected chi connectivity index (χ0v) is 10.9. The van der Waals surface area contributed by atoms with Crippen LogP contribution in [0.5, 0.6) is 0 Å². The first-order valence-corrected chi connectivity index (χ1v) is 6.38. The average Bonchev–Trinajstić information content (AvgIpc) is 2.71. The highest BCUT2D eigenvalue weighted by Gasteiger charge is 2.08. The maximum atomic E-state index is 5.95. The van der Waals surface area contributed by atoms with Crippen molar-refractivity contribution in [3.8, 4) is 11.3 Å². The Kier molecular flexibility index (Phi) is 3.50. The highest BCUT2D eigenvalue weighted by molar-refractivity contribution is 7.10. The molecule has 0 bridgehead atoms. The van der Waals surface area contributed by atoms with E-state index in [1.165, 1.54) is 0 Å². The molecule has 0 saturated heterocycles. The van der Waals surface area contributed by atoms with Gasteiger partial charge in [-0.25, -0.2) is 4.98 Å². The second-order valence-corrected chi connectivity index (χ2v) is 5.19. The summed E-state index contributed by atoms with van der Waals surface area (Å²) < 4.78 is 0. The summed E-state index contributed by atoms with van der Waals surface area (Å²) in [5.41, 5.74) is 7.60. The number of thiazole rings is 1. The van der Waals surface area contributed by atoms with Gasteiger partial charge in [0.2, 0.25) is 0 Å². The van der Waals surface area contributed by atoms with Crippen molar-refractivity contribution in [2.24, 2.45) is 5.73 Å². The summed E-state index contributed by atoms with van der Waals surface area (Å²) in [6.07, 6.45) is 0.